The van der Waals surface area contributed by atoms with Gasteiger partial charge in [-0.15, -0.1) is 0 Å². The fraction of sp³-hybridized carbons (Fsp3) is 0.545. The number of aromatic amines is 1. The average Bonchev–Trinajstić information content (AvgIpc) is 2.88. The molecule has 0 saturated carbocycles. The minimum atomic E-state index is 0.0969. The van der Waals surface area contributed by atoms with E-state index in [0.717, 1.165) is 25.1 Å². The SMILES string of the molecule is CN1C(=O)N(CCCN)CC1c1cc[nH]c1. The Labute approximate surface area is 95.2 Å². The monoisotopic (exact) mass is 222 g/mol. The highest BCUT2D eigenvalue weighted by molar-refractivity contribution is 5.77. The maximum absolute atomic E-state index is 11.9. The third-order valence-corrected chi connectivity index (χ3v) is 3.07. The normalized spacial score (nSPS) is 20.9. The molecule has 5 heteroatoms. The highest BCUT2D eigenvalue weighted by Crippen LogP contribution is 2.27. The Hall–Kier alpha value is -1.49. The van der Waals surface area contributed by atoms with Crippen LogP contribution in [0.3, 0.4) is 0 Å². The van der Waals surface area contributed by atoms with Crippen LogP contribution in [0.25, 0.3) is 0 Å². The number of rotatable bonds is 4. The van der Waals surface area contributed by atoms with Crippen LogP contribution >= 0.6 is 0 Å². The van der Waals surface area contributed by atoms with Gasteiger partial charge in [0.1, 0.15) is 0 Å². The van der Waals surface area contributed by atoms with E-state index < -0.39 is 0 Å². The van der Waals surface area contributed by atoms with Gasteiger partial charge in [-0.1, -0.05) is 0 Å². The highest BCUT2D eigenvalue weighted by atomic mass is 16.2. The van der Waals surface area contributed by atoms with Crippen LogP contribution in [0, 0.1) is 0 Å². The molecular weight excluding hydrogens is 204 g/mol. The van der Waals surface area contributed by atoms with E-state index in [9.17, 15) is 4.79 Å². The molecule has 1 unspecified atom stereocenters. The van der Waals surface area contributed by atoms with E-state index in [1.165, 1.54) is 0 Å². The Kier molecular flexibility index (Phi) is 3.14. The minimum absolute atomic E-state index is 0.0969. The van der Waals surface area contributed by atoms with Gasteiger partial charge in [0.15, 0.2) is 0 Å². The third-order valence-electron chi connectivity index (χ3n) is 3.07. The van der Waals surface area contributed by atoms with Gasteiger partial charge in [-0.2, -0.15) is 0 Å². The molecule has 1 aromatic rings. The summed E-state index contributed by atoms with van der Waals surface area (Å²) in [4.78, 5) is 18.6. The molecule has 0 bridgehead atoms. The molecule has 0 radical (unpaired) electrons. The van der Waals surface area contributed by atoms with Gasteiger partial charge in [-0.3, -0.25) is 0 Å². The molecule has 2 rings (SSSR count). The minimum Gasteiger partial charge on any atom is -0.367 e. The molecule has 1 aliphatic rings. The van der Waals surface area contributed by atoms with Gasteiger partial charge in [-0.05, 0) is 24.6 Å². The topological polar surface area (TPSA) is 65.4 Å². The number of nitrogens with two attached hydrogens (primary N) is 1. The van der Waals surface area contributed by atoms with E-state index in [-0.39, 0.29) is 12.1 Å². The maximum atomic E-state index is 11.9. The lowest BCUT2D eigenvalue weighted by molar-refractivity contribution is 0.195. The number of aromatic nitrogens is 1. The number of urea groups is 1. The van der Waals surface area contributed by atoms with Crippen LogP contribution in [0.4, 0.5) is 4.79 Å². The predicted octanol–water partition coefficient (Wildman–Crippen LogP) is 0.772. The first-order valence-electron chi connectivity index (χ1n) is 5.58. The molecule has 5 nitrogen and oxygen atoms in total. The van der Waals surface area contributed by atoms with Crippen LogP contribution in [0.1, 0.15) is 18.0 Å². The zero-order valence-corrected chi connectivity index (χ0v) is 9.52. The number of carbonyl (C=O) groups excluding carboxylic acids is 1. The van der Waals surface area contributed by atoms with Crippen LogP contribution in [-0.2, 0) is 0 Å². The van der Waals surface area contributed by atoms with Crippen LogP contribution in [-0.4, -0.2) is 47.5 Å². The summed E-state index contributed by atoms with van der Waals surface area (Å²) < 4.78 is 0. The van der Waals surface area contributed by atoms with E-state index in [1.54, 1.807) is 4.90 Å². The molecule has 1 saturated heterocycles. The maximum Gasteiger partial charge on any atom is 0.320 e. The lowest BCUT2D eigenvalue weighted by Crippen LogP contribution is -2.31. The Morgan fingerprint density at radius 2 is 2.44 bits per heavy atom. The van der Waals surface area contributed by atoms with Crippen molar-refractivity contribution in [3.8, 4) is 0 Å². The molecule has 0 spiro atoms. The molecule has 0 aromatic carbocycles. The summed E-state index contributed by atoms with van der Waals surface area (Å²) in [6.07, 6.45) is 4.69. The lowest BCUT2D eigenvalue weighted by Gasteiger charge is -2.16. The van der Waals surface area contributed by atoms with Crippen molar-refractivity contribution in [1.82, 2.24) is 14.8 Å². The number of carbonyl (C=O) groups is 1. The Morgan fingerprint density at radius 3 is 3.06 bits per heavy atom. The van der Waals surface area contributed by atoms with Crippen molar-refractivity contribution in [1.29, 1.82) is 0 Å². The molecule has 16 heavy (non-hydrogen) atoms. The predicted molar refractivity (Wildman–Crippen MR) is 61.9 cm³/mol. The lowest BCUT2D eigenvalue weighted by atomic mass is 10.1. The fourth-order valence-electron chi connectivity index (χ4n) is 2.11. The summed E-state index contributed by atoms with van der Waals surface area (Å²) >= 11 is 0. The fourth-order valence-corrected chi connectivity index (χ4v) is 2.11. The van der Waals surface area contributed by atoms with Crippen molar-refractivity contribution >= 4 is 6.03 Å². The highest BCUT2D eigenvalue weighted by Gasteiger charge is 2.34. The molecule has 2 amide bonds. The van der Waals surface area contributed by atoms with Gasteiger partial charge in [0.25, 0.3) is 0 Å². The van der Waals surface area contributed by atoms with Crippen molar-refractivity contribution < 1.29 is 4.79 Å². The summed E-state index contributed by atoms with van der Waals surface area (Å²) in [5.41, 5.74) is 6.62. The van der Waals surface area contributed by atoms with E-state index in [1.807, 2.05) is 30.4 Å². The van der Waals surface area contributed by atoms with Crippen LogP contribution in [0.5, 0.6) is 0 Å². The Balaban J connectivity index is 2.05. The second-order valence-electron chi connectivity index (χ2n) is 4.14. The zero-order chi connectivity index (χ0) is 11.5. The first-order chi connectivity index (χ1) is 7.74. The summed E-state index contributed by atoms with van der Waals surface area (Å²) in [5.74, 6) is 0. The van der Waals surface area contributed by atoms with Crippen molar-refractivity contribution in [2.24, 2.45) is 5.73 Å². The average molecular weight is 222 g/mol. The Bertz CT molecular complexity index is 349. The molecule has 88 valence electrons. The number of nitrogens with one attached hydrogen (secondary N) is 1. The Morgan fingerprint density at radius 1 is 1.62 bits per heavy atom. The van der Waals surface area contributed by atoms with Crippen molar-refractivity contribution in [2.75, 3.05) is 26.7 Å². The summed E-state index contributed by atoms with van der Waals surface area (Å²) in [6.45, 7) is 2.14. The number of hydrogen-bond acceptors (Lipinski definition) is 2. The third kappa shape index (κ3) is 1.90. The second-order valence-corrected chi connectivity index (χ2v) is 4.14. The molecule has 3 N–H and O–H groups in total. The summed E-state index contributed by atoms with van der Waals surface area (Å²) in [7, 11) is 1.85. The number of amides is 2. The van der Waals surface area contributed by atoms with Gasteiger partial charge in [0, 0.05) is 32.5 Å². The number of nitrogens with zero attached hydrogens (tertiary/aromatic N) is 2. The van der Waals surface area contributed by atoms with Gasteiger partial charge < -0.3 is 20.5 Å². The number of H-pyrrole nitrogens is 1. The second kappa shape index (κ2) is 4.57. The van der Waals surface area contributed by atoms with Gasteiger partial charge >= 0.3 is 6.03 Å². The zero-order valence-electron chi connectivity index (χ0n) is 9.52. The smallest absolute Gasteiger partial charge is 0.320 e. The molecule has 1 aromatic heterocycles. The van der Waals surface area contributed by atoms with Gasteiger partial charge in [0.05, 0.1) is 6.04 Å². The number of hydrogen-bond donors (Lipinski definition) is 2. The number of likely N-dealkylation sites (N-methyl/N-ethyl adjacent to an activating group) is 1. The van der Waals surface area contributed by atoms with Gasteiger partial charge in [-0.25, -0.2) is 4.79 Å². The van der Waals surface area contributed by atoms with E-state index in [0.29, 0.717) is 6.54 Å². The molecule has 0 aliphatic carbocycles. The quantitative estimate of drug-likeness (QED) is 0.790. The van der Waals surface area contributed by atoms with Crippen molar-refractivity contribution in [3.63, 3.8) is 0 Å². The largest absolute Gasteiger partial charge is 0.367 e. The standard InChI is InChI=1S/C11H18N4O/c1-14-10(9-3-5-13-7-9)8-15(11(14)16)6-2-4-12/h3,5,7,10,13H,2,4,6,8,12H2,1H3. The van der Waals surface area contributed by atoms with E-state index in [4.69, 9.17) is 5.73 Å². The van der Waals surface area contributed by atoms with Crippen LogP contribution in [0.2, 0.25) is 0 Å². The van der Waals surface area contributed by atoms with Crippen LogP contribution in [0.15, 0.2) is 18.5 Å². The summed E-state index contributed by atoms with van der Waals surface area (Å²) in [6, 6.07) is 2.28. The molecule has 1 fully saturated rings. The van der Waals surface area contributed by atoms with Crippen molar-refractivity contribution in [3.05, 3.63) is 24.0 Å². The van der Waals surface area contributed by atoms with Crippen LogP contribution < -0.4 is 5.73 Å². The van der Waals surface area contributed by atoms with E-state index >= 15 is 0 Å². The van der Waals surface area contributed by atoms with E-state index in [2.05, 4.69) is 4.98 Å². The summed E-state index contributed by atoms with van der Waals surface area (Å²) in [5, 5.41) is 0. The first-order valence-corrected chi connectivity index (χ1v) is 5.58. The molecule has 1 aliphatic heterocycles. The molecular formula is C11H18N4O. The molecule has 1 atom stereocenters. The first kappa shape index (κ1) is 11.0. The van der Waals surface area contributed by atoms with Crippen molar-refractivity contribution in [2.45, 2.75) is 12.5 Å². The van der Waals surface area contributed by atoms with Gasteiger partial charge in [0.2, 0.25) is 0 Å². The molecule has 2 heterocycles.